The van der Waals surface area contributed by atoms with Gasteiger partial charge in [0, 0.05) is 61.1 Å². The van der Waals surface area contributed by atoms with Crippen molar-refractivity contribution in [1.29, 1.82) is 0 Å². The molecule has 0 bridgehead atoms. The van der Waals surface area contributed by atoms with E-state index in [0.717, 1.165) is 55.0 Å². The fraction of sp³-hybridized carbons (Fsp3) is 0.423. The number of anilines is 1. The van der Waals surface area contributed by atoms with Crippen LogP contribution in [0, 0.1) is 11.6 Å². The van der Waals surface area contributed by atoms with Gasteiger partial charge in [0.25, 0.3) is 0 Å². The molecule has 1 amide bonds. The predicted octanol–water partition coefficient (Wildman–Crippen LogP) is 4.09. The van der Waals surface area contributed by atoms with E-state index in [2.05, 4.69) is 39.2 Å². The van der Waals surface area contributed by atoms with E-state index in [1.165, 1.54) is 18.5 Å². The second-order valence-electron chi connectivity index (χ2n) is 9.29. The molecule has 2 unspecified atom stereocenters. The Hall–Kier alpha value is -2.98. The molecular formula is C26H29F2N5O2S. The van der Waals surface area contributed by atoms with Gasteiger partial charge in [0.15, 0.2) is 0 Å². The Labute approximate surface area is 213 Å². The summed E-state index contributed by atoms with van der Waals surface area (Å²) in [6.45, 7) is 5.07. The molecule has 2 fully saturated rings. The average Bonchev–Trinajstić information content (AvgIpc) is 3.54. The maximum absolute atomic E-state index is 14.8. The zero-order valence-electron chi connectivity index (χ0n) is 20.1. The number of thioether (sulfide) groups is 1. The molecule has 0 saturated carbocycles. The summed E-state index contributed by atoms with van der Waals surface area (Å²) in [5.41, 5.74) is 0.571. The van der Waals surface area contributed by atoms with E-state index in [9.17, 15) is 13.6 Å². The Bertz CT molecular complexity index is 1190. The van der Waals surface area contributed by atoms with Crippen LogP contribution in [-0.4, -0.2) is 63.6 Å². The summed E-state index contributed by atoms with van der Waals surface area (Å²) >= 11 is 1.70. The molecule has 2 aromatic carbocycles. The first kappa shape index (κ1) is 24.7. The molecule has 10 heteroatoms. The number of hydrogen-bond acceptors (Lipinski definition) is 6. The lowest BCUT2D eigenvalue weighted by Gasteiger charge is -2.35. The van der Waals surface area contributed by atoms with Gasteiger partial charge in [-0.05, 0) is 43.2 Å². The zero-order valence-corrected chi connectivity index (χ0v) is 21.0. The quantitative estimate of drug-likeness (QED) is 0.444. The number of amides is 1. The van der Waals surface area contributed by atoms with Crippen LogP contribution in [0.3, 0.4) is 0 Å². The highest BCUT2D eigenvalue weighted by Crippen LogP contribution is 2.43. The Morgan fingerprint density at radius 2 is 1.92 bits per heavy atom. The van der Waals surface area contributed by atoms with E-state index in [0.29, 0.717) is 18.5 Å². The lowest BCUT2D eigenvalue weighted by Crippen LogP contribution is -2.48. The van der Waals surface area contributed by atoms with Crippen molar-refractivity contribution < 1.29 is 18.3 Å². The van der Waals surface area contributed by atoms with Crippen LogP contribution < -0.4 is 4.90 Å². The first-order valence-corrected chi connectivity index (χ1v) is 13.1. The minimum Gasteiger partial charge on any atom is -0.368 e. The second kappa shape index (κ2) is 10.6. The molecule has 5 rings (SSSR count). The van der Waals surface area contributed by atoms with E-state index in [-0.39, 0.29) is 12.0 Å². The van der Waals surface area contributed by atoms with Gasteiger partial charge in [0.05, 0.1) is 12.6 Å². The minimum absolute atomic E-state index is 0.0812. The molecule has 190 valence electrons. The molecule has 1 aromatic heterocycles. The monoisotopic (exact) mass is 513 g/mol. The highest BCUT2D eigenvalue weighted by molar-refractivity contribution is 7.99. The van der Waals surface area contributed by atoms with Crippen molar-refractivity contribution in [2.45, 2.75) is 42.9 Å². The fourth-order valence-corrected chi connectivity index (χ4v) is 5.95. The smallest absolute Gasteiger partial charge is 0.219 e. The third kappa shape index (κ3) is 5.39. The molecule has 0 aliphatic carbocycles. The van der Waals surface area contributed by atoms with Gasteiger partial charge in [-0.3, -0.25) is 4.79 Å². The summed E-state index contributed by atoms with van der Waals surface area (Å²) in [7, 11) is 0. The number of carbonyl (C=O) groups excluding carboxylic acids is 1. The Balaban J connectivity index is 1.22. The van der Waals surface area contributed by atoms with Gasteiger partial charge in [0.2, 0.25) is 5.91 Å². The molecule has 0 radical (unpaired) electrons. The Kier molecular flexibility index (Phi) is 7.25. The van der Waals surface area contributed by atoms with Gasteiger partial charge in [-0.2, -0.15) is 5.10 Å². The predicted molar refractivity (Wildman–Crippen MR) is 134 cm³/mol. The summed E-state index contributed by atoms with van der Waals surface area (Å²) in [6.07, 6.45) is 4.30. The molecule has 7 nitrogen and oxygen atoms in total. The number of benzene rings is 2. The van der Waals surface area contributed by atoms with E-state index in [4.69, 9.17) is 4.74 Å². The van der Waals surface area contributed by atoms with Crippen LogP contribution in [0.1, 0.15) is 25.3 Å². The summed E-state index contributed by atoms with van der Waals surface area (Å²) in [4.78, 5) is 20.8. The molecule has 0 N–H and O–H groups in total. The van der Waals surface area contributed by atoms with E-state index < -0.39 is 17.2 Å². The molecule has 0 spiro atoms. The first-order chi connectivity index (χ1) is 17.4. The van der Waals surface area contributed by atoms with Gasteiger partial charge in [-0.25, -0.2) is 18.4 Å². The highest BCUT2D eigenvalue weighted by Gasteiger charge is 2.44. The number of hydrogen-bond donors (Lipinski definition) is 0. The van der Waals surface area contributed by atoms with Gasteiger partial charge < -0.3 is 14.5 Å². The lowest BCUT2D eigenvalue weighted by atomic mass is 9.90. The van der Waals surface area contributed by atoms with Crippen LogP contribution in [0.25, 0.3) is 0 Å². The van der Waals surface area contributed by atoms with Crippen LogP contribution >= 0.6 is 11.8 Å². The normalized spacial score (nSPS) is 22.2. The number of ether oxygens (including phenoxy) is 1. The third-order valence-electron chi connectivity index (χ3n) is 6.93. The minimum atomic E-state index is -0.928. The Morgan fingerprint density at radius 3 is 2.58 bits per heavy atom. The van der Waals surface area contributed by atoms with Gasteiger partial charge in [-0.15, -0.1) is 11.8 Å². The number of carbonyl (C=O) groups is 1. The maximum atomic E-state index is 14.8. The van der Waals surface area contributed by atoms with Crippen molar-refractivity contribution in [3.63, 3.8) is 0 Å². The van der Waals surface area contributed by atoms with Gasteiger partial charge in [0.1, 0.15) is 29.9 Å². The van der Waals surface area contributed by atoms with E-state index in [1.54, 1.807) is 29.7 Å². The Morgan fingerprint density at radius 1 is 1.14 bits per heavy atom. The number of aromatic nitrogens is 3. The van der Waals surface area contributed by atoms with Crippen LogP contribution in [0.15, 0.2) is 60.0 Å². The highest BCUT2D eigenvalue weighted by atomic mass is 32.2. The number of piperazine rings is 1. The molecule has 2 aliphatic heterocycles. The third-order valence-corrected chi connectivity index (χ3v) is 8.08. The molecule has 3 heterocycles. The SMILES string of the molecule is CC(=O)N1CCN(c2ccc(SCC3CCC(Cn4cncn4)(c4ccc(F)cc4F)O3)cc2)CC1. The first-order valence-electron chi connectivity index (χ1n) is 12.1. The lowest BCUT2D eigenvalue weighted by molar-refractivity contribution is -0.129. The van der Waals surface area contributed by atoms with Crippen LogP contribution in [0.4, 0.5) is 14.5 Å². The number of rotatable bonds is 7. The van der Waals surface area contributed by atoms with Gasteiger partial charge >= 0.3 is 0 Å². The number of halogens is 2. The molecular weight excluding hydrogens is 484 g/mol. The van der Waals surface area contributed by atoms with Crippen molar-refractivity contribution in [3.05, 3.63) is 72.3 Å². The van der Waals surface area contributed by atoms with E-state index >= 15 is 0 Å². The summed E-state index contributed by atoms with van der Waals surface area (Å²) in [6, 6.07) is 12.1. The summed E-state index contributed by atoms with van der Waals surface area (Å²) in [5, 5.41) is 4.18. The van der Waals surface area contributed by atoms with Crippen LogP contribution in [0.5, 0.6) is 0 Å². The van der Waals surface area contributed by atoms with Crippen molar-refractivity contribution >= 4 is 23.4 Å². The standard InChI is InChI=1S/C26H29F2N5O2S/c1-19(34)31-10-12-32(13-11-31)21-3-5-23(6-4-21)36-15-22-8-9-26(35-22,16-33-18-29-17-30-33)24-7-2-20(27)14-25(24)28/h2-7,14,17-18,22H,8-13,15-16H2,1H3. The molecule has 3 aromatic rings. The largest absolute Gasteiger partial charge is 0.368 e. The van der Waals surface area contributed by atoms with Crippen LogP contribution in [0.2, 0.25) is 0 Å². The maximum Gasteiger partial charge on any atom is 0.219 e. The molecule has 36 heavy (non-hydrogen) atoms. The van der Waals surface area contributed by atoms with Crippen molar-refractivity contribution in [2.24, 2.45) is 0 Å². The summed E-state index contributed by atoms with van der Waals surface area (Å²) < 4.78 is 36.5. The molecule has 2 aliphatic rings. The second-order valence-corrected chi connectivity index (χ2v) is 10.4. The fourth-order valence-electron chi connectivity index (χ4n) is 5.00. The molecule has 2 saturated heterocycles. The van der Waals surface area contributed by atoms with Crippen molar-refractivity contribution in [3.8, 4) is 0 Å². The van der Waals surface area contributed by atoms with Crippen molar-refractivity contribution in [1.82, 2.24) is 19.7 Å². The van der Waals surface area contributed by atoms with Crippen molar-refractivity contribution in [2.75, 3.05) is 36.8 Å². The summed E-state index contributed by atoms with van der Waals surface area (Å²) in [5.74, 6) is -0.369. The zero-order chi connectivity index (χ0) is 25.1. The molecule has 2 atom stereocenters. The topological polar surface area (TPSA) is 63.5 Å². The average molecular weight is 514 g/mol. The number of nitrogens with zero attached hydrogens (tertiary/aromatic N) is 5. The van der Waals surface area contributed by atoms with Gasteiger partial charge in [-0.1, -0.05) is 6.07 Å². The van der Waals surface area contributed by atoms with Crippen LogP contribution in [-0.2, 0) is 21.7 Å². The van der Waals surface area contributed by atoms with E-state index in [1.807, 2.05) is 4.90 Å².